The number of rotatable bonds is 3. The average molecular weight is 440 g/mol. The first kappa shape index (κ1) is 23.0. The second kappa shape index (κ2) is 9.74. The number of carboxylic acid groups (broad SMARTS) is 1. The summed E-state index contributed by atoms with van der Waals surface area (Å²) in [6, 6.07) is 23.0. The molecule has 170 valence electrons. The quantitative estimate of drug-likeness (QED) is 0.332. The van der Waals surface area contributed by atoms with Crippen molar-refractivity contribution in [2.24, 2.45) is 17.8 Å². The number of pyridine rings is 1. The van der Waals surface area contributed by atoms with E-state index >= 15 is 0 Å². The van der Waals surface area contributed by atoms with E-state index in [4.69, 9.17) is 5.11 Å². The third-order valence-electron chi connectivity index (χ3n) is 7.13. The number of nitrogens with zero attached hydrogens (tertiary/aromatic N) is 1. The van der Waals surface area contributed by atoms with Crippen molar-refractivity contribution in [1.82, 2.24) is 4.98 Å². The molecule has 33 heavy (non-hydrogen) atoms. The third kappa shape index (κ3) is 4.78. The Bertz CT molecular complexity index is 1260. The highest BCUT2D eigenvalue weighted by molar-refractivity contribution is 6.08. The van der Waals surface area contributed by atoms with Gasteiger partial charge in [0, 0.05) is 6.20 Å². The average Bonchev–Trinajstić information content (AvgIpc) is 2.83. The van der Waals surface area contributed by atoms with Gasteiger partial charge in [0.25, 0.3) is 0 Å². The third-order valence-corrected chi connectivity index (χ3v) is 7.13. The Morgan fingerprint density at radius 1 is 0.848 bits per heavy atom. The normalized spacial score (nSPS) is 17.6. The summed E-state index contributed by atoms with van der Waals surface area (Å²) in [4.78, 5) is 13.7. The predicted octanol–water partition coefficient (Wildman–Crippen LogP) is 7.73. The zero-order chi connectivity index (χ0) is 23.5. The Labute approximate surface area is 196 Å². The monoisotopic (exact) mass is 439 g/mol. The van der Waals surface area contributed by atoms with E-state index in [9.17, 15) is 4.79 Å². The molecule has 0 spiro atoms. The van der Waals surface area contributed by atoms with Crippen molar-refractivity contribution in [3.8, 4) is 0 Å². The second-order valence-electron chi connectivity index (χ2n) is 9.83. The summed E-state index contributed by atoms with van der Waals surface area (Å²) < 4.78 is 0. The van der Waals surface area contributed by atoms with Crippen molar-refractivity contribution in [1.29, 1.82) is 0 Å². The van der Waals surface area contributed by atoms with Crippen LogP contribution in [0.4, 0.5) is 0 Å². The van der Waals surface area contributed by atoms with Crippen LogP contribution in [0, 0.1) is 17.8 Å². The summed E-state index contributed by atoms with van der Waals surface area (Å²) >= 11 is 0. The molecule has 0 bridgehead atoms. The molecule has 3 heteroatoms. The predicted molar refractivity (Wildman–Crippen MR) is 137 cm³/mol. The molecule has 0 saturated carbocycles. The van der Waals surface area contributed by atoms with Crippen LogP contribution in [-0.2, 0) is 6.42 Å². The number of aromatic carboxylic acids is 1. The molecule has 1 aromatic heterocycles. The molecule has 2 atom stereocenters. The lowest BCUT2D eigenvalue weighted by Gasteiger charge is -2.36. The van der Waals surface area contributed by atoms with Gasteiger partial charge in [-0.3, -0.25) is 0 Å². The highest BCUT2D eigenvalue weighted by Crippen LogP contribution is 2.45. The van der Waals surface area contributed by atoms with Gasteiger partial charge in [0.2, 0.25) is 0 Å². The minimum absolute atomic E-state index is 0.0810. The van der Waals surface area contributed by atoms with Crippen LogP contribution in [0.2, 0.25) is 0 Å². The molecular formula is C30H33NO2. The standard InChI is InChI=1S/C24H28.C6H5NO2/c1-15(2)18-13-23(16(3)4)22-12-11-20-19-8-6-5-7-17(19)9-10-21(20)24(22)14-18;8-6(9)5-3-1-2-4-7-5/h5-12,15-16,18,23H,13-14H2,1-4H3;1-4H,(H,8,9). The van der Waals surface area contributed by atoms with Crippen molar-refractivity contribution < 1.29 is 9.90 Å². The highest BCUT2D eigenvalue weighted by Gasteiger charge is 2.31. The van der Waals surface area contributed by atoms with Gasteiger partial charge in [0.05, 0.1) is 0 Å². The van der Waals surface area contributed by atoms with E-state index in [1.54, 1.807) is 23.3 Å². The molecule has 0 amide bonds. The molecule has 1 aliphatic rings. The first-order chi connectivity index (χ1) is 15.9. The van der Waals surface area contributed by atoms with Crippen LogP contribution in [0.1, 0.15) is 61.6 Å². The number of aromatic nitrogens is 1. The fourth-order valence-electron chi connectivity index (χ4n) is 5.17. The lowest BCUT2D eigenvalue weighted by molar-refractivity contribution is 0.0690. The maximum absolute atomic E-state index is 10.1. The van der Waals surface area contributed by atoms with E-state index in [1.807, 2.05) is 0 Å². The lowest BCUT2D eigenvalue weighted by atomic mass is 9.68. The number of fused-ring (bicyclic) bond motifs is 5. The Hall–Kier alpha value is -3.20. The van der Waals surface area contributed by atoms with Crippen LogP contribution in [0.3, 0.4) is 0 Å². The highest BCUT2D eigenvalue weighted by atomic mass is 16.4. The molecule has 0 aliphatic heterocycles. The molecule has 3 nitrogen and oxygen atoms in total. The van der Waals surface area contributed by atoms with Gasteiger partial charge in [-0.1, -0.05) is 82.3 Å². The van der Waals surface area contributed by atoms with Gasteiger partial charge in [0.1, 0.15) is 5.69 Å². The van der Waals surface area contributed by atoms with E-state index in [-0.39, 0.29) is 5.69 Å². The van der Waals surface area contributed by atoms with Gasteiger partial charge >= 0.3 is 5.97 Å². The number of benzene rings is 3. The van der Waals surface area contributed by atoms with Gasteiger partial charge in [0.15, 0.2) is 0 Å². The molecule has 5 rings (SSSR count). The molecule has 2 unspecified atom stereocenters. The molecular weight excluding hydrogens is 406 g/mol. The Kier molecular flexibility index (Phi) is 6.78. The van der Waals surface area contributed by atoms with E-state index in [1.165, 1.54) is 46.6 Å². The SMILES string of the molecule is CC(C)C1Cc2c(ccc3c2ccc2ccccc23)C(C(C)C)C1.O=C(O)c1ccccn1. The van der Waals surface area contributed by atoms with Crippen LogP contribution in [0.25, 0.3) is 21.5 Å². The van der Waals surface area contributed by atoms with E-state index < -0.39 is 5.97 Å². The lowest BCUT2D eigenvalue weighted by Crippen LogP contribution is -2.25. The molecule has 0 saturated heterocycles. The molecule has 1 aliphatic carbocycles. The van der Waals surface area contributed by atoms with Crippen LogP contribution in [0.15, 0.2) is 72.9 Å². The van der Waals surface area contributed by atoms with Crippen molar-refractivity contribution in [3.63, 3.8) is 0 Å². The Balaban J connectivity index is 0.000000243. The largest absolute Gasteiger partial charge is 0.477 e. The maximum Gasteiger partial charge on any atom is 0.354 e. The van der Waals surface area contributed by atoms with Gasteiger partial charge in [-0.05, 0) is 81.3 Å². The molecule has 0 fully saturated rings. The summed E-state index contributed by atoms with van der Waals surface area (Å²) in [7, 11) is 0. The number of hydrogen-bond acceptors (Lipinski definition) is 2. The molecule has 4 aromatic rings. The fraction of sp³-hybridized carbons (Fsp3) is 0.333. The molecule has 0 radical (unpaired) electrons. The second-order valence-corrected chi connectivity index (χ2v) is 9.83. The van der Waals surface area contributed by atoms with Crippen molar-refractivity contribution in [2.45, 2.75) is 46.5 Å². The van der Waals surface area contributed by atoms with Gasteiger partial charge in [-0.25, -0.2) is 9.78 Å². The molecule has 1 N–H and O–H groups in total. The Morgan fingerprint density at radius 3 is 2.21 bits per heavy atom. The number of carboxylic acids is 1. The molecule has 1 heterocycles. The topological polar surface area (TPSA) is 50.2 Å². The van der Waals surface area contributed by atoms with Gasteiger partial charge in [-0.2, -0.15) is 0 Å². The van der Waals surface area contributed by atoms with Crippen molar-refractivity contribution >= 4 is 27.5 Å². The Morgan fingerprint density at radius 2 is 1.58 bits per heavy atom. The first-order valence-corrected chi connectivity index (χ1v) is 11.9. The first-order valence-electron chi connectivity index (χ1n) is 11.9. The van der Waals surface area contributed by atoms with Gasteiger partial charge in [-0.15, -0.1) is 0 Å². The summed E-state index contributed by atoms with van der Waals surface area (Å²) in [5.41, 5.74) is 3.32. The van der Waals surface area contributed by atoms with E-state index in [2.05, 4.69) is 81.2 Å². The summed E-state index contributed by atoms with van der Waals surface area (Å²) in [6.07, 6.45) is 4.04. The minimum Gasteiger partial charge on any atom is -0.477 e. The van der Waals surface area contributed by atoms with E-state index in [0.717, 1.165) is 11.8 Å². The van der Waals surface area contributed by atoms with Crippen LogP contribution in [0.5, 0.6) is 0 Å². The number of carbonyl (C=O) groups is 1. The summed E-state index contributed by atoms with van der Waals surface area (Å²) in [5, 5.41) is 14.0. The summed E-state index contributed by atoms with van der Waals surface area (Å²) in [6.45, 7) is 9.57. The van der Waals surface area contributed by atoms with Crippen LogP contribution < -0.4 is 0 Å². The fourth-order valence-corrected chi connectivity index (χ4v) is 5.17. The zero-order valence-electron chi connectivity index (χ0n) is 20.0. The number of hydrogen-bond donors (Lipinski definition) is 1. The van der Waals surface area contributed by atoms with Gasteiger partial charge < -0.3 is 5.11 Å². The van der Waals surface area contributed by atoms with Crippen molar-refractivity contribution in [3.05, 3.63) is 89.7 Å². The molecule has 3 aromatic carbocycles. The summed E-state index contributed by atoms with van der Waals surface area (Å²) in [5.74, 6) is 1.99. The van der Waals surface area contributed by atoms with Crippen LogP contribution in [-0.4, -0.2) is 16.1 Å². The maximum atomic E-state index is 10.1. The smallest absolute Gasteiger partial charge is 0.354 e. The van der Waals surface area contributed by atoms with Crippen LogP contribution >= 0.6 is 0 Å². The zero-order valence-corrected chi connectivity index (χ0v) is 20.0. The van der Waals surface area contributed by atoms with E-state index in [0.29, 0.717) is 11.8 Å². The minimum atomic E-state index is -0.990. The van der Waals surface area contributed by atoms with Crippen molar-refractivity contribution in [2.75, 3.05) is 0 Å².